The highest BCUT2D eigenvalue weighted by Crippen LogP contribution is 2.49. The molecule has 0 saturated heterocycles. The number of benzene rings is 2. The number of anilines is 2. The summed E-state index contributed by atoms with van der Waals surface area (Å²) >= 11 is 1.46. The van der Waals surface area contributed by atoms with Crippen molar-refractivity contribution in [1.29, 1.82) is 0 Å². The first kappa shape index (κ1) is 19.6. The number of fused-ring (bicyclic) bond motifs is 2. The molecule has 0 atom stereocenters. The van der Waals surface area contributed by atoms with Crippen molar-refractivity contribution < 1.29 is 18.4 Å². The third kappa shape index (κ3) is 2.56. The van der Waals surface area contributed by atoms with Gasteiger partial charge in [0.15, 0.2) is 5.82 Å². The largest absolute Gasteiger partial charge is 0.308 e. The SMILES string of the molecule is Cc1ccc(-c2ccc3c(c2F)N(C)C(=O)/C3=C2/C(=O)N(C)c3c2ccc(C)c3F)s1. The molecule has 2 aliphatic rings. The Bertz CT molecular complexity index is 1360. The van der Waals surface area contributed by atoms with Crippen molar-refractivity contribution in [3.05, 3.63) is 69.6 Å². The molecule has 0 radical (unpaired) electrons. The van der Waals surface area contributed by atoms with Crippen molar-refractivity contribution in [2.75, 3.05) is 23.9 Å². The standard InChI is InChI=1S/C24H18F2N2O2S/c1-11-5-7-14-17(23(29)27(3)21(14)19(11)25)18-15-9-8-13(16-10-6-12(2)31-16)20(26)22(15)28(4)24(18)30/h5-10H,1-4H3/b18-17+. The van der Waals surface area contributed by atoms with E-state index in [0.717, 1.165) is 9.75 Å². The normalized spacial score (nSPS) is 17.6. The lowest BCUT2D eigenvalue weighted by Crippen LogP contribution is -2.24. The second-order valence-electron chi connectivity index (χ2n) is 7.80. The molecule has 7 heteroatoms. The summed E-state index contributed by atoms with van der Waals surface area (Å²) < 4.78 is 30.4. The molecule has 156 valence electrons. The average Bonchev–Trinajstić information content (AvgIpc) is 3.35. The number of carbonyl (C=O) groups is 2. The molecule has 0 saturated carbocycles. The molecule has 3 heterocycles. The van der Waals surface area contributed by atoms with Crippen LogP contribution in [0, 0.1) is 25.5 Å². The maximum Gasteiger partial charge on any atom is 0.259 e. The first-order chi connectivity index (χ1) is 14.7. The van der Waals surface area contributed by atoms with E-state index in [0.29, 0.717) is 22.3 Å². The Labute approximate surface area is 182 Å². The van der Waals surface area contributed by atoms with E-state index in [9.17, 15) is 14.0 Å². The molecular formula is C24H18F2N2O2S. The van der Waals surface area contributed by atoms with E-state index in [1.807, 2.05) is 19.1 Å². The zero-order valence-corrected chi connectivity index (χ0v) is 18.2. The molecule has 3 aromatic rings. The molecule has 2 aromatic carbocycles. The van der Waals surface area contributed by atoms with Gasteiger partial charge < -0.3 is 9.80 Å². The first-order valence-electron chi connectivity index (χ1n) is 9.72. The molecule has 1 aromatic heterocycles. The predicted octanol–water partition coefficient (Wildman–Crippen LogP) is 5.17. The minimum atomic E-state index is -0.514. The van der Waals surface area contributed by atoms with Gasteiger partial charge in [0.25, 0.3) is 11.8 Å². The summed E-state index contributed by atoms with van der Waals surface area (Å²) in [4.78, 5) is 30.6. The van der Waals surface area contributed by atoms with Crippen molar-refractivity contribution >= 4 is 45.7 Å². The van der Waals surface area contributed by atoms with E-state index < -0.39 is 23.4 Å². The summed E-state index contributed by atoms with van der Waals surface area (Å²) in [6.07, 6.45) is 0. The van der Waals surface area contributed by atoms with Crippen molar-refractivity contribution in [3.63, 3.8) is 0 Å². The van der Waals surface area contributed by atoms with Crippen LogP contribution in [0.1, 0.15) is 21.6 Å². The zero-order valence-electron chi connectivity index (χ0n) is 17.3. The van der Waals surface area contributed by atoms with Gasteiger partial charge in [0.1, 0.15) is 5.82 Å². The number of thiophene rings is 1. The molecule has 4 nitrogen and oxygen atoms in total. The minimum Gasteiger partial charge on any atom is -0.308 e. The van der Waals surface area contributed by atoms with Gasteiger partial charge in [-0.25, -0.2) is 8.78 Å². The molecule has 31 heavy (non-hydrogen) atoms. The topological polar surface area (TPSA) is 40.6 Å². The number of nitrogens with zero attached hydrogens (tertiary/aromatic N) is 2. The Kier molecular flexibility index (Phi) is 4.17. The number of aryl methyl sites for hydroxylation is 2. The van der Waals surface area contributed by atoms with E-state index in [2.05, 4.69) is 0 Å². The van der Waals surface area contributed by atoms with Gasteiger partial charge in [0.2, 0.25) is 0 Å². The monoisotopic (exact) mass is 436 g/mol. The van der Waals surface area contributed by atoms with Gasteiger partial charge in [-0.05, 0) is 37.6 Å². The highest BCUT2D eigenvalue weighted by Gasteiger charge is 2.42. The van der Waals surface area contributed by atoms with Crippen molar-refractivity contribution in [2.24, 2.45) is 0 Å². The van der Waals surface area contributed by atoms with Gasteiger partial charge in [-0.3, -0.25) is 9.59 Å². The Hall–Kier alpha value is -3.32. The van der Waals surface area contributed by atoms with Crippen LogP contribution in [0.5, 0.6) is 0 Å². The highest BCUT2D eigenvalue weighted by molar-refractivity contribution is 7.15. The maximum absolute atomic E-state index is 15.6. The summed E-state index contributed by atoms with van der Waals surface area (Å²) in [6, 6.07) is 10.3. The molecule has 0 N–H and O–H groups in total. The number of hydrogen-bond donors (Lipinski definition) is 0. The molecule has 0 fully saturated rings. The average molecular weight is 436 g/mol. The number of rotatable bonds is 1. The lowest BCUT2D eigenvalue weighted by Gasteiger charge is -2.12. The van der Waals surface area contributed by atoms with Crippen molar-refractivity contribution in [3.8, 4) is 10.4 Å². The second-order valence-corrected chi connectivity index (χ2v) is 9.09. The lowest BCUT2D eigenvalue weighted by atomic mass is 9.94. The highest BCUT2D eigenvalue weighted by atomic mass is 32.1. The van der Waals surface area contributed by atoms with Gasteiger partial charge in [-0.2, -0.15) is 0 Å². The summed E-state index contributed by atoms with van der Waals surface area (Å²) in [5.41, 5.74) is 1.97. The summed E-state index contributed by atoms with van der Waals surface area (Å²) in [5.74, 6) is -1.99. The summed E-state index contributed by atoms with van der Waals surface area (Å²) in [5, 5.41) is 0. The van der Waals surface area contributed by atoms with E-state index in [4.69, 9.17) is 0 Å². The fraction of sp³-hybridized carbons (Fsp3) is 0.167. The van der Waals surface area contributed by atoms with Crippen LogP contribution in [-0.2, 0) is 9.59 Å². The number of amides is 2. The number of hydrogen-bond acceptors (Lipinski definition) is 3. The van der Waals surface area contributed by atoms with Gasteiger partial charge in [0, 0.05) is 40.5 Å². The molecule has 0 spiro atoms. The molecule has 0 unspecified atom stereocenters. The number of carbonyl (C=O) groups excluding carboxylic acids is 2. The predicted molar refractivity (Wildman–Crippen MR) is 119 cm³/mol. The fourth-order valence-corrected chi connectivity index (χ4v) is 5.20. The lowest BCUT2D eigenvalue weighted by molar-refractivity contribution is -0.114. The molecular weight excluding hydrogens is 418 g/mol. The molecule has 0 aliphatic carbocycles. The van der Waals surface area contributed by atoms with Crippen molar-refractivity contribution in [1.82, 2.24) is 0 Å². The van der Waals surface area contributed by atoms with Crippen LogP contribution in [0.3, 0.4) is 0 Å². The Morgan fingerprint density at radius 2 is 1.23 bits per heavy atom. The second kappa shape index (κ2) is 6.59. The Morgan fingerprint density at radius 3 is 1.77 bits per heavy atom. The smallest absolute Gasteiger partial charge is 0.259 e. The Balaban J connectivity index is 1.79. The minimum absolute atomic E-state index is 0.101. The molecule has 5 rings (SSSR count). The van der Waals surface area contributed by atoms with Crippen LogP contribution in [0.15, 0.2) is 36.4 Å². The third-order valence-corrected chi connectivity index (χ3v) is 6.96. The zero-order chi connectivity index (χ0) is 22.2. The van der Waals surface area contributed by atoms with Crippen molar-refractivity contribution in [2.45, 2.75) is 13.8 Å². The van der Waals surface area contributed by atoms with Gasteiger partial charge >= 0.3 is 0 Å². The van der Waals surface area contributed by atoms with Crippen LogP contribution >= 0.6 is 11.3 Å². The van der Waals surface area contributed by atoms with Crippen LogP contribution in [-0.4, -0.2) is 25.9 Å². The van der Waals surface area contributed by atoms with Gasteiger partial charge in [0.05, 0.1) is 22.5 Å². The fourth-order valence-electron chi connectivity index (χ4n) is 4.31. The first-order valence-corrected chi connectivity index (χ1v) is 10.5. The van der Waals surface area contributed by atoms with Gasteiger partial charge in [-0.15, -0.1) is 11.3 Å². The summed E-state index contributed by atoms with van der Waals surface area (Å²) in [7, 11) is 2.96. The number of likely N-dealkylation sites (N-methyl/N-ethyl adjacent to an activating group) is 2. The van der Waals surface area contributed by atoms with Crippen LogP contribution in [0.2, 0.25) is 0 Å². The quantitative estimate of drug-likeness (QED) is 0.494. The number of halogens is 2. The van der Waals surface area contributed by atoms with E-state index in [1.165, 1.54) is 35.2 Å². The molecule has 0 bridgehead atoms. The van der Waals surface area contributed by atoms with Crippen LogP contribution in [0.4, 0.5) is 20.2 Å². The third-order valence-electron chi connectivity index (χ3n) is 5.93. The van der Waals surface area contributed by atoms with E-state index in [-0.39, 0.29) is 22.5 Å². The van der Waals surface area contributed by atoms with E-state index in [1.54, 1.807) is 31.2 Å². The Morgan fingerprint density at radius 1 is 0.710 bits per heavy atom. The molecule has 2 aliphatic heterocycles. The van der Waals surface area contributed by atoms with Gasteiger partial charge in [-0.1, -0.05) is 18.2 Å². The maximum atomic E-state index is 15.6. The van der Waals surface area contributed by atoms with Crippen LogP contribution in [0.25, 0.3) is 21.6 Å². The van der Waals surface area contributed by atoms with Crippen LogP contribution < -0.4 is 9.80 Å². The summed E-state index contributed by atoms with van der Waals surface area (Å²) in [6.45, 7) is 3.56. The van der Waals surface area contributed by atoms with E-state index >= 15 is 4.39 Å². The molecule has 2 amide bonds.